The molecule has 0 atom stereocenters. The molecule has 17 heavy (non-hydrogen) atoms. The van der Waals surface area contributed by atoms with Crippen molar-refractivity contribution in [2.24, 2.45) is 0 Å². The molecular weight excluding hydrogens is 218 g/mol. The van der Waals surface area contributed by atoms with Crippen LogP contribution in [-0.2, 0) is 11.3 Å². The molecule has 0 unspecified atom stereocenters. The summed E-state index contributed by atoms with van der Waals surface area (Å²) in [5.41, 5.74) is 1.63. The third kappa shape index (κ3) is 2.81. The summed E-state index contributed by atoms with van der Waals surface area (Å²) in [6.07, 6.45) is 2.10. The second kappa shape index (κ2) is 5.12. The van der Waals surface area contributed by atoms with Crippen molar-refractivity contribution < 1.29 is 14.3 Å². The number of esters is 1. The molecule has 0 saturated heterocycles. The Morgan fingerprint density at radius 3 is 2.71 bits per heavy atom. The van der Waals surface area contributed by atoms with Crippen LogP contribution >= 0.6 is 0 Å². The maximum Gasteiger partial charge on any atom is 0.340 e. The molecule has 1 aromatic heterocycles. The van der Waals surface area contributed by atoms with Crippen LogP contribution < -0.4 is 0 Å². The Morgan fingerprint density at radius 1 is 1.29 bits per heavy atom. The molecule has 2 rings (SSSR count). The number of carbonyl (C=O) groups excluding carboxylic acids is 2. The van der Waals surface area contributed by atoms with Gasteiger partial charge in [0.2, 0.25) is 0 Å². The minimum absolute atomic E-state index is 0.223. The third-order valence-electron chi connectivity index (χ3n) is 2.28. The van der Waals surface area contributed by atoms with Crippen LogP contribution in [0.1, 0.15) is 26.4 Å². The van der Waals surface area contributed by atoms with Gasteiger partial charge in [0.1, 0.15) is 6.61 Å². The average molecular weight is 229 g/mol. The van der Waals surface area contributed by atoms with Gasteiger partial charge in [-0.25, -0.2) is 4.79 Å². The molecule has 1 heterocycles. The van der Waals surface area contributed by atoms with Gasteiger partial charge in [-0.15, -0.1) is 0 Å². The second-order valence-electron chi connectivity index (χ2n) is 3.52. The molecule has 0 saturated carbocycles. The number of nitrogens with one attached hydrogen (secondary N) is 1. The molecule has 0 aliphatic heterocycles. The third-order valence-corrected chi connectivity index (χ3v) is 2.28. The Balaban J connectivity index is 1.96. The molecule has 0 spiro atoms. The number of H-pyrrole nitrogens is 1. The molecule has 0 fully saturated rings. The topological polar surface area (TPSA) is 59.2 Å². The summed E-state index contributed by atoms with van der Waals surface area (Å²) in [6.45, 7) is 0.223. The fraction of sp³-hybridized carbons (Fsp3) is 0.0769. The summed E-state index contributed by atoms with van der Waals surface area (Å²) in [7, 11) is 0. The molecule has 4 heteroatoms. The summed E-state index contributed by atoms with van der Waals surface area (Å²) < 4.78 is 5.10. The van der Waals surface area contributed by atoms with Crippen LogP contribution in [0.4, 0.5) is 0 Å². The van der Waals surface area contributed by atoms with E-state index in [1.54, 1.807) is 0 Å². The van der Waals surface area contributed by atoms with E-state index >= 15 is 0 Å². The first-order valence-electron chi connectivity index (χ1n) is 5.14. The Kier molecular flexibility index (Phi) is 3.35. The highest BCUT2D eigenvalue weighted by Gasteiger charge is 2.09. The van der Waals surface area contributed by atoms with Gasteiger partial charge >= 0.3 is 5.97 Å². The molecule has 1 N–H and O–H groups in total. The summed E-state index contributed by atoms with van der Waals surface area (Å²) in [6, 6.07) is 10.9. The van der Waals surface area contributed by atoms with Gasteiger partial charge in [0.15, 0.2) is 6.29 Å². The minimum atomic E-state index is -0.446. The van der Waals surface area contributed by atoms with Crippen LogP contribution in [-0.4, -0.2) is 17.2 Å². The zero-order valence-corrected chi connectivity index (χ0v) is 9.05. The monoisotopic (exact) mass is 229 g/mol. The number of aromatic amines is 1. The van der Waals surface area contributed by atoms with E-state index in [4.69, 9.17) is 4.74 Å². The van der Waals surface area contributed by atoms with E-state index in [0.717, 1.165) is 5.56 Å². The molecule has 1 aromatic carbocycles. The van der Waals surface area contributed by atoms with Gasteiger partial charge in [0.05, 0.1) is 11.3 Å². The second-order valence-corrected chi connectivity index (χ2v) is 3.52. The Morgan fingerprint density at radius 2 is 2.06 bits per heavy atom. The SMILES string of the molecule is O=Cc1cc(C(=O)OCc2ccccc2)c[nH]1. The minimum Gasteiger partial charge on any atom is -0.457 e. The smallest absolute Gasteiger partial charge is 0.340 e. The van der Waals surface area contributed by atoms with Crippen LogP contribution in [0.2, 0.25) is 0 Å². The number of carbonyl (C=O) groups is 2. The Labute approximate surface area is 98.2 Å². The summed E-state index contributed by atoms with van der Waals surface area (Å²) in [4.78, 5) is 24.7. The van der Waals surface area contributed by atoms with Gasteiger partial charge < -0.3 is 9.72 Å². The van der Waals surface area contributed by atoms with Crippen molar-refractivity contribution in [2.45, 2.75) is 6.61 Å². The van der Waals surface area contributed by atoms with Crippen LogP contribution in [0.3, 0.4) is 0 Å². The molecule has 0 aliphatic rings. The summed E-state index contributed by atoms with van der Waals surface area (Å²) in [5.74, 6) is -0.446. The number of aldehydes is 1. The van der Waals surface area contributed by atoms with Gasteiger partial charge in [0, 0.05) is 6.20 Å². The lowest BCUT2D eigenvalue weighted by Crippen LogP contribution is -2.03. The Bertz CT molecular complexity index is 516. The molecular formula is C13H11NO3. The fourth-order valence-corrected chi connectivity index (χ4v) is 1.40. The molecule has 0 aliphatic carbocycles. The van der Waals surface area contributed by atoms with E-state index in [1.807, 2.05) is 30.3 Å². The molecule has 86 valence electrons. The van der Waals surface area contributed by atoms with E-state index in [2.05, 4.69) is 4.98 Å². The van der Waals surface area contributed by atoms with Crippen molar-refractivity contribution in [1.29, 1.82) is 0 Å². The summed E-state index contributed by atoms with van der Waals surface area (Å²) >= 11 is 0. The van der Waals surface area contributed by atoms with Crippen LogP contribution in [0.25, 0.3) is 0 Å². The quantitative estimate of drug-likeness (QED) is 0.645. The van der Waals surface area contributed by atoms with Crippen molar-refractivity contribution >= 4 is 12.3 Å². The van der Waals surface area contributed by atoms with Crippen molar-refractivity contribution in [2.75, 3.05) is 0 Å². The molecule has 0 amide bonds. The summed E-state index contributed by atoms with van der Waals surface area (Å²) in [5, 5.41) is 0. The normalized spacial score (nSPS) is 9.88. The average Bonchev–Trinajstić information content (AvgIpc) is 2.86. The lowest BCUT2D eigenvalue weighted by Gasteiger charge is -2.02. The number of benzene rings is 1. The maximum absolute atomic E-state index is 11.6. The molecule has 4 nitrogen and oxygen atoms in total. The van der Waals surface area contributed by atoms with Gasteiger partial charge in [-0.3, -0.25) is 4.79 Å². The van der Waals surface area contributed by atoms with E-state index in [1.165, 1.54) is 12.3 Å². The largest absolute Gasteiger partial charge is 0.457 e. The zero-order valence-electron chi connectivity index (χ0n) is 9.05. The van der Waals surface area contributed by atoms with Gasteiger partial charge in [-0.05, 0) is 11.6 Å². The van der Waals surface area contributed by atoms with Crippen molar-refractivity contribution in [3.05, 3.63) is 59.4 Å². The van der Waals surface area contributed by atoms with E-state index in [-0.39, 0.29) is 6.61 Å². The predicted molar refractivity (Wildman–Crippen MR) is 61.7 cm³/mol. The van der Waals surface area contributed by atoms with Crippen LogP contribution in [0.5, 0.6) is 0 Å². The number of rotatable bonds is 4. The van der Waals surface area contributed by atoms with E-state index < -0.39 is 5.97 Å². The standard InChI is InChI=1S/C13H11NO3/c15-8-12-6-11(7-14-12)13(16)17-9-10-4-2-1-3-5-10/h1-8,14H,9H2. The number of aromatic nitrogens is 1. The number of ether oxygens (including phenoxy) is 1. The van der Waals surface area contributed by atoms with Crippen molar-refractivity contribution in [3.63, 3.8) is 0 Å². The van der Waals surface area contributed by atoms with E-state index in [9.17, 15) is 9.59 Å². The number of hydrogen-bond donors (Lipinski definition) is 1. The van der Waals surface area contributed by atoms with Crippen LogP contribution in [0, 0.1) is 0 Å². The first kappa shape index (κ1) is 11.1. The van der Waals surface area contributed by atoms with Gasteiger partial charge in [-0.1, -0.05) is 30.3 Å². The van der Waals surface area contributed by atoms with Gasteiger partial charge in [0.25, 0.3) is 0 Å². The van der Waals surface area contributed by atoms with Gasteiger partial charge in [-0.2, -0.15) is 0 Å². The van der Waals surface area contributed by atoms with Crippen molar-refractivity contribution in [1.82, 2.24) is 4.98 Å². The number of hydrogen-bond acceptors (Lipinski definition) is 3. The first-order valence-corrected chi connectivity index (χ1v) is 5.14. The van der Waals surface area contributed by atoms with Crippen molar-refractivity contribution in [3.8, 4) is 0 Å². The van der Waals surface area contributed by atoms with Crippen LogP contribution in [0.15, 0.2) is 42.6 Å². The molecule has 0 radical (unpaired) electrons. The highest BCUT2D eigenvalue weighted by molar-refractivity contribution is 5.91. The molecule has 0 bridgehead atoms. The Hall–Kier alpha value is -2.36. The maximum atomic E-state index is 11.6. The highest BCUT2D eigenvalue weighted by Crippen LogP contribution is 2.07. The fourth-order valence-electron chi connectivity index (χ4n) is 1.40. The zero-order chi connectivity index (χ0) is 12.1. The predicted octanol–water partition coefficient (Wildman–Crippen LogP) is 2.18. The lowest BCUT2D eigenvalue weighted by molar-refractivity contribution is 0.0473. The van der Waals surface area contributed by atoms with E-state index in [0.29, 0.717) is 17.5 Å². The highest BCUT2D eigenvalue weighted by atomic mass is 16.5. The first-order chi connectivity index (χ1) is 8.29. The lowest BCUT2D eigenvalue weighted by atomic mass is 10.2. The molecule has 2 aromatic rings.